The normalized spacial score (nSPS) is 23.2. The molecule has 1 atom stereocenters. The van der Waals surface area contributed by atoms with E-state index in [4.69, 9.17) is 0 Å². The van der Waals surface area contributed by atoms with Gasteiger partial charge in [0.05, 0.1) is 11.4 Å². The standard InChI is InChI=1S/C11H14N4O2/c1-6-8-9(13-14(6)2)11(17)15-5-3-4-7(15)10(16)12-8/h7H,3-5H2,1-2H3,(H,12,16)/t7-/m0/s1. The number of carbonyl (C=O) groups is 2. The molecule has 0 aromatic carbocycles. The fourth-order valence-electron chi connectivity index (χ4n) is 2.53. The number of hydrogen-bond acceptors (Lipinski definition) is 3. The lowest BCUT2D eigenvalue weighted by Gasteiger charge is -2.19. The molecule has 0 radical (unpaired) electrons. The van der Waals surface area contributed by atoms with Gasteiger partial charge in [-0.2, -0.15) is 5.10 Å². The van der Waals surface area contributed by atoms with Crippen LogP contribution in [0.4, 0.5) is 5.69 Å². The fourth-order valence-corrected chi connectivity index (χ4v) is 2.53. The number of aryl methyl sites for hydroxylation is 1. The molecule has 2 amide bonds. The molecule has 3 heterocycles. The van der Waals surface area contributed by atoms with Crippen LogP contribution < -0.4 is 5.32 Å². The summed E-state index contributed by atoms with van der Waals surface area (Å²) in [6.45, 7) is 2.49. The molecule has 90 valence electrons. The Balaban J connectivity index is 2.14. The first-order valence-electron chi connectivity index (χ1n) is 5.75. The zero-order chi connectivity index (χ0) is 12.2. The lowest BCUT2D eigenvalue weighted by molar-refractivity contribution is -0.119. The Morgan fingerprint density at radius 1 is 1.41 bits per heavy atom. The van der Waals surface area contributed by atoms with Gasteiger partial charge < -0.3 is 10.2 Å². The number of aromatic nitrogens is 2. The highest BCUT2D eigenvalue weighted by Gasteiger charge is 2.40. The maximum absolute atomic E-state index is 12.3. The minimum atomic E-state index is -0.318. The first-order chi connectivity index (χ1) is 8.09. The number of carbonyl (C=O) groups excluding carboxylic acids is 2. The van der Waals surface area contributed by atoms with Gasteiger partial charge in [0.15, 0.2) is 5.69 Å². The van der Waals surface area contributed by atoms with Gasteiger partial charge >= 0.3 is 0 Å². The summed E-state index contributed by atoms with van der Waals surface area (Å²) in [5.41, 5.74) is 1.74. The molecule has 1 aromatic heterocycles. The maximum Gasteiger partial charge on any atom is 0.277 e. The van der Waals surface area contributed by atoms with E-state index < -0.39 is 0 Å². The smallest absolute Gasteiger partial charge is 0.277 e. The summed E-state index contributed by atoms with van der Waals surface area (Å²) in [6, 6.07) is -0.318. The summed E-state index contributed by atoms with van der Waals surface area (Å²) in [6.07, 6.45) is 1.62. The van der Waals surface area contributed by atoms with Crippen LogP contribution in [0, 0.1) is 6.92 Å². The third-order valence-electron chi connectivity index (χ3n) is 3.60. The van der Waals surface area contributed by atoms with Gasteiger partial charge in [0, 0.05) is 13.6 Å². The summed E-state index contributed by atoms with van der Waals surface area (Å²) >= 11 is 0. The van der Waals surface area contributed by atoms with Crippen LogP contribution in [-0.2, 0) is 11.8 Å². The first kappa shape index (κ1) is 10.3. The molecule has 0 aliphatic carbocycles. The van der Waals surface area contributed by atoms with E-state index in [1.165, 1.54) is 0 Å². The lowest BCUT2D eigenvalue weighted by atomic mass is 10.2. The van der Waals surface area contributed by atoms with Crippen molar-refractivity contribution >= 4 is 17.5 Å². The molecule has 1 fully saturated rings. The van der Waals surface area contributed by atoms with E-state index in [-0.39, 0.29) is 17.9 Å². The van der Waals surface area contributed by atoms with Crippen molar-refractivity contribution in [1.82, 2.24) is 14.7 Å². The molecule has 0 saturated carbocycles. The van der Waals surface area contributed by atoms with Crippen LogP contribution in [0.1, 0.15) is 29.0 Å². The number of rotatable bonds is 0. The summed E-state index contributed by atoms with van der Waals surface area (Å²) in [7, 11) is 1.77. The van der Waals surface area contributed by atoms with Crippen molar-refractivity contribution in [2.75, 3.05) is 11.9 Å². The maximum atomic E-state index is 12.3. The minimum absolute atomic E-state index is 0.0919. The minimum Gasteiger partial charge on any atom is -0.325 e. The average molecular weight is 234 g/mol. The molecule has 6 nitrogen and oxygen atoms in total. The Kier molecular flexibility index (Phi) is 2.01. The van der Waals surface area contributed by atoms with Gasteiger partial charge in [-0.15, -0.1) is 0 Å². The van der Waals surface area contributed by atoms with Gasteiger partial charge in [0.25, 0.3) is 5.91 Å². The first-order valence-corrected chi connectivity index (χ1v) is 5.75. The number of anilines is 1. The summed E-state index contributed by atoms with van der Waals surface area (Å²) in [5.74, 6) is -0.227. The van der Waals surface area contributed by atoms with Crippen LogP contribution in [0.25, 0.3) is 0 Å². The van der Waals surface area contributed by atoms with Gasteiger partial charge in [-0.3, -0.25) is 14.3 Å². The van der Waals surface area contributed by atoms with Crippen LogP contribution in [0.5, 0.6) is 0 Å². The molecule has 1 saturated heterocycles. The van der Waals surface area contributed by atoms with E-state index in [1.807, 2.05) is 6.92 Å². The summed E-state index contributed by atoms with van der Waals surface area (Å²) in [5, 5.41) is 7.03. The predicted molar refractivity (Wildman–Crippen MR) is 60.6 cm³/mol. The Bertz CT molecular complexity index is 520. The SMILES string of the molecule is Cc1c2c(nn1C)C(=O)N1CCC[C@H]1C(=O)N2. The molecule has 1 N–H and O–H groups in total. The van der Waals surface area contributed by atoms with Crippen LogP contribution in [-0.4, -0.2) is 39.1 Å². The third-order valence-corrected chi connectivity index (χ3v) is 3.60. The van der Waals surface area contributed by atoms with Crippen molar-refractivity contribution in [3.8, 4) is 0 Å². The Hall–Kier alpha value is -1.85. The molecule has 6 heteroatoms. The van der Waals surface area contributed by atoms with Crippen LogP contribution in [0.15, 0.2) is 0 Å². The van der Waals surface area contributed by atoms with Crippen molar-refractivity contribution in [2.24, 2.45) is 7.05 Å². The Morgan fingerprint density at radius 2 is 2.18 bits per heavy atom. The van der Waals surface area contributed by atoms with E-state index in [0.29, 0.717) is 17.9 Å². The molecule has 2 aliphatic rings. The van der Waals surface area contributed by atoms with Gasteiger partial charge in [-0.25, -0.2) is 0 Å². The third kappa shape index (κ3) is 1.30. The van der Waals surface area contributed by atoms with Crippen molar-refractivity contribution in [3.05, 3.63) is 11.4 Å². The molecule has 17 heavy (non-hydrogen) atoms. The number of hydrogen-bond donors (Lipinski definition) is 1. The summed E-state index contributed by atoms with van der Waals surface area (Å²) < 4.78 is 1.62. The second-order valence-corrected chi connectivity index (χ2v) is 4.58. The van der Waals surface area contributed by atoms with E-state index >= 15 is 0 Å². The molecule has 0 unspecified atom stereocenters. The molecule has 0 spiro atoms. The van der Waals surface area contributed by atoms with E-state index in [2.05, 4.69) is 10.4 Å². The molecular weight excluding hydrogens is 220 g/mol. The average Bonchev–Trinajstić information content (AvgIpc) is 2.86. The number of nitrogens with one attached hydrogen (secondary N) is 1. The Morgan fingerprint density at radius 3 is 2.94 bits per heavy atom. The topological polar surface area (TPSA) is 67.2 Å². The molecule has 2 aliphatic heterocycles. The highest BCUT2D eigenvalue weighted by molar-refractivity contribution is 6.09. The van der Waals surface area contributed by atoms with Crippen LogP contribution in [0.3, 0.4) is 0 Å². The van der Waals surface area contributed by atoms with E-state index in [9.17, 15) is 9.59 Å². The molecule has 3 rings (SSSR count). The predicted octanol–water partition coefficient (Wildman–Crippen LogP) is 0.285. The Labute approximate surface area is 98.6 Å². The second kappa shape index (κ2) is 3.32. The number of fused-ring (bicyclic) bond motifs is 2. The van der Waals surface area contributed by atoms with Crippen molar-refractivity contribution in [1.29, 1.82) is 0 Å². The van der Waals surface area contributed by atoms with Gasteiger partial charge in [0.1, 0.15) is 6.04 Å². The zero-order valence-corrected chi connectivity index (χ0v) is 9.86. The van der Waals surface area contributed by atoms with Gasteiger partial charge in [-0.1, -0.05) is 0 Å². The van der Waals surface area contributed by atoms with Crippen molar-refractivity contribution < 1.29 is 9.59 Å². The van der Waals surface area contributed by atoms with Crippen LogP contribution >= 0.6 is 0 Å². The van der Waals surface area contributed by atoms with E-state index in [0.717, 1.165) is 18.5 Å². The molecular formula is C11H14N4O2. The molecule has 1 aromatic rings. The largest absolute Gasteiger partial charge is 0.325 e. The summed E-state index contributed by atoms with van der Waals surface area (Å²) in [4.78, 5) is 25.9. The van der Waals surface area contributed by atoms with Gasteiger partial charge in [-0.05, 0) is 19.8 Å². The zero-order valence-electron chi connectivity index (χ0n) is 9.86. The number of amides is 2. The quantitative estimate of drug-likeness (QED) is 0.701. The van der Waals surface area contributed by atoms with Gasteiger partial charge in [0.2, 0.25) is 5.91 Å². The van der Waals surface area contributed by atoms with Crippen molar-refractivity contribution in [2.45, 2.75) is 25.8 Å². The fraction of sp³-hybridized carbons (Fsp3) is 0.545. The second-order valence-electron chi connectivity index (χ2n) is 4.58. The van der Waals surface area contributed by atoms with Crippen molar-refractivity contribution in [3.63, 3.8) is 0 Å². The number of nitrogens with zero attached hydrogens (tertiary/aromatic N) is 3. The molecule has 0 bridgehead atoms. The highest BCUT2D eigenvalue weighted by atomic mass is 16.2. The van der Waals surface area contributed by atoms with E-state index in [1.54, 1.807) is 16.6 Å². The lowest BCUT2D eigenvalue weighted by Crippen LogP contribution is -2.40. The van der Waals surface area contributed by atoms with Crippen LogP contribution in [0.2, 0.25) is 0 Å². The highest BCUT2D eigenvalue weighted by Crippen LogP contribution is 2.29. The monoisotopic (exact) mass is 234 g/mol.